The third-order valence-electron chi connectivity index (χ3n) is 3.27. The highest BCUT2D eigenvalue weighted by molar-refractivity contribution is 6.07. The van der Waals surface area contributed by atoms with Crippen LogP contribution in [0.3, 0.4) is 0 Å². The van der Waals surface area contributed by atoms with Crippen LogP contribution in [0.15, 0.2) is 38.5 Å². The van der Waals surface area contributed by atoms with Gasteiger partial charge >= 0.3 is 11.8 Å². The molecule has 0 aliphatic carbocycles. The van der Waals surface area contributed by atoms with Crippen molar-refractivity contribution in [2.45, 2.75) is 20.0 Å². The smallest absolute Gasteiger partial charge is 0.416 e. The van der Waals surface area contributed by atoms with E-state index < -0.39 is 46.0 Å². The average Bonchev–Trinajstić information content (AvgIpc) is 2.45. The van der Waals surface area contributed by atoms with Crippen LogP contribution in [-0.2, 0) is 6.18 Å². The lowest BCUT2D eigenvalue weighted by molar-refractivity contribution is -0.137. The summed E-state index contributed by atoms with van der Waals surface area (Å²) in [5.74, 6) is -2.67. The highest BCUT2D eigenvalue weighted by atomic mass is 19.4. The number of Topliss-reactive ketones (excluding diaryl/α,β-unsaturated/α-hetero) is 1. The number of carbonyl (C=O) groups is 1. The van der Waals surface area contributed by atoms with Gasteiger partial charge in [0.05, 0.1) is 17.0 Å². The fraction of sp³-hybridized carbons (Fsp3) is 0.188. The first-order valence-electron chi connectivity index (χ1n) is 6.85. The van der Waals surface area contributed by atoms with Gasteiger partial charge in [0.25, 0.3) is 5.95 Å². The Balaban J connectivity index is 2.60. The van der Waals surface area contributed by atoms with Gasteiger partial charge in [-0.15, -0.1) is 0 Å². The minimum atomic E-state index is -4.57. The summed E-state index contributed by atoms with van der Waals surface area (Å²) in [5, 5.41) is 19.5. The highest BCUT2D eigenvalue weighted by Gasteiger charge is 2.30. The summed E-state index contributed by atoms with van der Waals surface area (Å²) in [7, 11) is 0. The van der Waals surface area contributed by atoms with Gasteiger partial charge in [0.2, 0.25) is 0 Å². The molecule has 0 amide bonds. The zero-order valence-electron chi connectivity index (χ0n) is 13.0. The second-order valence-electron chi connectivity index (χ2n) is 5.09. The molecule has 0 aliphatic rings. The van der Waals surface area contributed by atoms with Crippen molar-refractivity contribution in [3.8, 4) is 11.7 Å². The molecule has 0 saturated heterocycles. The van der Waals surface area contributed by atoms with Crippen molar-refractivity contribution in [1.29, 1.82) is 0 Å². The molecule has 0 spiro atoms. The normalized spacial score (nSPS) is 12.3. The van der Waals surface area contributed by atoms with Gasteiger partial charge in [-0.05, 0) is 32.0 Å². The van der Waals surface area contributed by atoms with E-state index in [1.54, 1.807) is 0 Å². The van der Waals surface area contributed by atoms with Gasteiger partial charge in [0, 0.05) is 0 Å². The summed E-state index contributed by atoms with van der Waals surface area (Å²) in [6, 6.07) is 4.02. The molecular weight excluding hydrogens is 343 g/mol. The molecule has 1 heterocycles. The molecule has 0 unspecified atom stereocenters. The molecule has 2 aromatic rings. The lowest BCUT2D eigenvalue weighted by Crippen LogP contribution is -2.15. The van der Waals surface area contributed by atoms with E-state index in [-0.39, 0.29) is 11.4 Å². The number of halogens is 3. The number of benzene rings is 1. The molecule has 0 saturated carbocycles. The number of rotatable bonds is 3. The van der Waals surface area contributed by atoms with Crippen molar-refractivity contribution in [3.05, 3.63) is 51.4 Å². The van der Waals surface area contributed by atoms with Crippen LogP contribution in [0.4, 0.5) is 18.9 Å². The lowest BCUT2D eigenvalue weighted by atomic mass is 10.1. The van der Waals surface area contributed by atoms with E-state index in [4.69, 9.17) is 0 Å². The molecule has 0 bridgehead atoms. The predicted molar refractivity (Wildman–Crippen MR) is 81.6 cm³/mol. The van der Waals surface area contributed by atoms with Crippen molar-refractivity contribution in [1.82, 2.24) is 0 Å². The summed E-state index contributed by atoms with van der Waals surface area (Å²) < 4.78 is 42.6. The first-order valence-corrected chi connectivity index (χ1v) is 6.85. The molecule has 2 rings (SSSR count). The van der Waals surface area contributed by atoms with Gasteiger partial charge in [-0.3, -0.25) is 9.79 Å². The number of hydrogen-bond donors (Lipinski definition) is 2. The average molecular weight is 355 g/mol. The van der Waals surface area contributed by atoms with Crippen molar-refractivity contribution in [2.24, 2.45) is 4.99 Å². The predicted octanol–water partition coefficient (Wildman–Crippen LogP) is 3.41. The number of aliphatic imine (C=N–C) groups is 1. The molecule has 6 nitrogen and oxygen atoms in total. The maximum Gasteiger partial charge on any atom is 0.416 e. The standard InChI is InChI=1S/C16H12F3NO5/c1-7(20-10-5-3-4-9(6-10)16(17,18)19)11-13(22)12(8(2)21)15(24)25-14(11)23/h3-6,22,24H,1-2H3. The highest BCUT2D eigenvalue weighted by Crippen LogP contribution is 2.32. The van der Waals surface area contributed by atoms with E-state index in [0.29, 0.717) is 0 Å². The molecule has 2 N–H and O–H groups in total. The number of alkyl halides is 3. The molecule has 1 aromatic carbocycles. The zero-order chi connectivity index (χ0) is 18.9. The summed E-state index contributed by atoms with van der Waals surface area (Å²) in [6.45, 7) is 2.27. The molecular formula is C16H12F3NO5. The maximum absolute atomic E-state index is 12.7. The number of carbonyl (C=O) groups excluding carboxylic acids is 1. The van der Waals surface area contributed by atoms with E-state index >= 15 is 0 Å². The van der Waals surface area contributed by atoms with Crippen molar-refractivity contribution in [2.75, 3.05) is 0 Å². The molecule has 0 aliphatic heterocycles. The molecule has 9 heteroatoms. The topological polar surface area (TPSA) is 100 Å². The van der Waals surface area contributed by atoms with Gasteiger partial charge in [0.15, 0.2) is 5.78 Å². The quantitative estimate of drug-likeness (QED) is 0.649. The van der Waals surface area contributed by atoms with Crippen LogP contribution in [0.5, 0.6) is 11.7 Å². The molecule has 0 atom stereocenters. The maximum atomic E-state index is 12.7. The van der Waals surface area contributed by atoms with E-state index in [1.807, 2.05) is 0 Å². The van der Waals surface area contributed by atoms with Crippen LogP contribution < -0.4 is 5.63 Å². The van der Waals surface area contributed by atoms with E-state index in [1.165, 1.54) is 13.0 Å². The lowest BCUT2D eigenvalue weighted by Gasteiger charge is -2.09. The van der Waals surface area contributed by atoms with Crippen LogP contribution in [0.2, 0.25) is 0 Å². The SMILES string of the molecule is CC(=O)c1c(O)oc(=O)c(C(C)=Nc2cccc(C(F)(F)F)c2)c1O. The van der Waals surface area contributed by atoms with E-state index in [0.717, 1.165) is 25.1 Å². The Morgan fingerprint density at radius 2 is 1.80 bits per heavy atom. The molecule has 0 radical (unpaired) electrons. The second-order valence-corrected chi connectivity index (χ2v) is 5.09. The Morgan fingerprint density at radius 1 is 1.16 bits per heavy atom. The summed E-state index contributed by atoms with van der Waals surface area (Å²) in [6.07, 6.45) is -4.57. The van der Waals surface area contributed by atoms with Gasteiger partial charge < -0.3 is 14.6 Å². The van der Waals surface area contributed by atoms with Crippen LogP contribution in [0, 0.1) is 0 Å². The zero-order valence-corrected chi connectivity index (χ0v) is 13.0. The third-order valence-corrected chi connectivity index (χ3v) is 3.27. The van der Waals surface area contributed by atoms with Gasteiger partial charge in [-0.2, -0.15) is 13.2 Å². The van der Waals surface area contributed by atoms with Crippen LogP contribution in [0.25, 0.3) is 0 Å². The first-order chi connectivity index (χ1) is 11.5. The third kappa shape index (κ3) is 3.70. The number of nitrogens with zero attached hydrogens (tertiary/aromatic N) is 1. The molecule has 25 heavy (non-hydrogen) atoms. The fourth-order valence-electron chi connectivity index (χ4n) is 2.15. The Morgan fingerprint density at radius 3 is 2.36 bits per heavy atom. The fourth-order valence-corrected chi connectivity index (χ4v) is 2.15. The Kier molecular flexibility index (Phi) is 4.69. The summed E-state index contributed by atoms with van der Waals surface area (Å²) >= 11 is 0. The van der Waals surface area contributed by atoms with E-state index in [2.05, 4.69) is 9.41 Å². The van der Waals surface area contributed by atoms with Crippen molar-refractivity contribution in [3.63, 3.8) is 0 Å². The van der Waals surface area contributed by atoms with Crippen LogP contribution >= 0.6 is 0 Å². The second kappa shape index (κ2) is 6.42. The minimum Gasteiger partial charge on any atom is -0.506 e. The molecule has 132 valence electrons. The monoisotopic (exact) mass is 355 g/mol. The summed E-state index contributed by atoms with van der Waals surface area (Å²) in [4.78, 5) is 27.1. The minimum absolute atomic E-state index is 0.122. The molecule has 0 fully saturated rings. The molecule has 1 aromatic heterocycles. The van der Waals surface area contributed by atoms with Crippen molar-refractivity contribution < 1.29 is 32.6 Å². The van der Waals surface area contributed by atoms with E-state index in [9.17, 15) is 33.0 Å². The Labute approximate surface area is 138 Å². The summed E-state index contributed by atoms with van der Waals surface area (Å²) in [5.41, 5.74) is -3.58. The van der Waals surface area contributed by atoms with Crippen molar-refractivity contribution >= 4 is 17.2 Å². The number of ketones is 1. The number of hydrogen-bond acceptors (Lipinski definition) is 6. The number of aromatic hydroxyl groups is 2. The largest absolute Gasteiger partial charge is 0.506 e. The van der Waals surface area contributed by atoms with Gasteiger partial charge in [-0.25, -0.2) is 4.79 Å². The van der Waals surface area contributed by atoms with Crippen LogP contribution in [0.1, 0.15) is 35.3 Å². The van der Waals surface area contributed by atoms with Gasteiger partial charge in [-0.1, -0.05) is 6.07 Å². The Bertz CT molecular complexity index is 928. The van der Waals surface area contributed by atoms with Gasteiger partial charge in [0.1, 0.15) is 16.9 Å². The first kappa shape index (κ1) is 18.2. The van der Waals surface area contributed by atoms with Crippen LogP contribution in [-0.4, -0.2) is 21.7 Å². The Hall–Kier alpha value is -3.10.